The van der Waals surface area contributed by atoms with E-state index in [4.69, 9.17) is 0 Å². The summed E-state index contributed by atoms with van der Waals surface area (Å²) < 4.78 is 26.2. The van der Waals surface area contributed by atoms with Crippen molar-refractivity contribution in [3.05, 3.63) is 21.9 Å². The minimum Gasteiger partial charge on any atom is -0.350 e. The van der Waals surface area contributed by atoms with E-state index in [-0.39, 0.29) is 36.4 Å². The zero-order valence-corrected chi connectivity index (χ0v) is 18.5. The Bertz CT molecular complexity index is 926. The van der Waals surface area contributed by atoms with Gasteiger partial charge in [0.05, 0.1) is 23.5 Å². The van der Waals surface area contributed by atoms with E-state index in [1.807, 2.05) is 4.90 Å². The number of carbonyl (C=O) groups is 3. The van der Waals surface area contributed by atoms with Crippen molar-refractivity contribution >= 4 is 39.1 Å². The molecule has 0 saturated carbocycles. The SMILES string of the molecule is CC(=O)c1csc(C(=O)N2[C@H]3CC[C@@H]2[C@H](NC(=O)CN(C)S(=O)(=O)N(C)C)C3)c1. The van der Waals surface area contributed by atoms with E-state index in [1.54, 1.807) is 11.4 Å². The largest absolute Gasteiger partial charge is 0.350 e. The first-order valence-corrected chi connectivity index (χ1v) is 11.6. The molecule has 2 saturated heterocycles. The van der Waals surface area contributed by atoms with Gasteiger partial charge in [-0.2, -0.15) is 17.0 Å². The van der Waals surface area contributed by atoms with Gasteiger partial charge in [0.25, 0.3) is 16.1 Å². The number of nitrogens with zero attached hydrogens (tertiary/aromatic N) is 3. The fourth-order valence-corrected chi connectivity index (χ4v) is 5.76. The van der Waals surface area contributed by atoms with Gasteiger partial charge in [-0.05, 0) is 32.3 Å². The second kappa shape index (κ2) is 8.13. The maximum Gasteiger partial charge on any atom is 0.281 e. The molecule has 29 heavy (non-hydrogen) atoms. The number of amides is 2. The lowest BCUT2D eigenvalue weighted by molar-refractivity contribution is -0.122. The van der Waals surface area contributed by atoms with Gasteiger partial charge in [-0.25, -0.2) is 0 Å². The highest BCUT2D eigenvalue weighted by Crippen LogP contribution is 2.39. The monoisotopic (exact) mass is 442 g/mol. The van der Waals surface area contributed by atoms with Crippen LogP contribution in [0.2, 0.25) is 0 Å². The zero-order chi connectivity index (χ0) is 21.5. The van der Waals surface area contributed by atoms with Crippen molar-refractivity contribution in [1.29, 1.82) is 0 Å². The Kier molecular flexibility index (Phi) is 6.13. The minimum atomic E-state index is -3.67. The van der Waals surface area contributed by atoms with Gasteiger partial charge in [0.2, 0.25) is 5.91 Å². The van der Waals surface area contributed by atoms with Crippen LogP contribution >= 0.6 is 11.3 Å². The Labute approximate surface area is 174 Å². The quantitative estimate of drug-likeness (QED) is 0.621. The third kappa shape index (κ3) is 4.23. The van der Waals surface area contributed by atoms with Gasteiger partial charge >= 0.3 is 0 Å². The second-order valence-electron chi connectivity index (χ2n) is 7.72. The lowest BCUT2D eigenvalue weighted by atomic mass is 9.95. The highest BCUT2D eigenvalue weighted by atomic mass is 32.2. The summed E-state index contributed by atoms with van der Waals surface area (Å²) in [5.41, 5.74) is 0.528. The van der Waals surface area contributed by atoms with Gasteiger partial charge in [0.1, 0.15) is 0 Å². The summed E-state index contributed by atoms with van der Waals surface area (Å²) in [5.74, 6) is -0.580. The fourth-order valence-electron chi connectivity index (χ4n) is 4.04. The molecule has 0 aliphatic carbocycles. The first kappa shape index (κ1) is 21.9. The topological polar surface area (TPSA) is 107 Å². The van der Waals surface area contributed by atoms with Crippen LogP contribution in [0.5, 0.6) is 0 Å². The molecule has 3 heterocycles. The lowest BCUT2D eigenvalue weighted by Gasteiger charge is -2.26. The van der Waals surface area contributed by atoms with Crippen LogP contribution in [0, 0.1) is 0 Å². The molecule has 2 aliphatic heterocycles. The van der Waals surface area contributed by atoms with E-state index in [0.29, 0.717) is 16.9 Å². The average molecular weight is 443 g/mol. The number of Topliss-reactive ketones (excluding diaryl/α,β-unsaturated/α-hetero) is 1. The molecule has 0 spiro atoms. The first-order valence-electron chi connectivity index (χ1n) is 9.37. The number of thiophene rings is 1. The first-order chi connectivity index (χ1) is 13.5. The lowest BCUT2D eigenvalue weighted by Crippen LogP contribution is -2.49. The molecule has 3 rings (SSSR count). The Morgan fingerprint density at radius 3 is 2.52 bits per heavy atom. The molecule has 0 unspecified atom stereocenters. The summed E-state index contributed by atoms with van der Waals surface area (Å²) in [7, 11) is 0.506. The summed E-state index contributed by atoms with van der Waals surface area (Å²) in [6.45, 7) is 1.18. The van der Waals surface area contributed by atoms with Crippen LogP contribution in [0.25, 0.3) is 0 Å². The van der Waals surface area contributed by atoms with Crippen LogP contribution in [-0.2, 0) is 15.0 Å². The molecule has 1 aromatic rings. The van der Waals surface area contributed by atoms with Gasteiger partial charge in [0, 0.05) is 38.1 Å². The number of ketones is 1. The number of likely N-dealkylation sites (N-methyl/N-ethyl adjacent to an activating group) is 1. The third-order valence-corrected chi connectivity index (χ3v) is 8.31. The zero-order valence-electron chi connectivity index (χ0n) is 16.9. The summed E-state index contributed by atoms with van der Waals surface area (Å²) >= 11 is 1.26. The Morgan fingerprint density at radius 2 is 1.93 bits per heavy atom. The number of hydrogen-bond donors (Lipinski definition) is 1. The van der Waals surface area contributed by atoms with Crippen LogP contribution in [0.3, 0.4) is 0 Å². The summed E-state index contributed by atoms with van der Waals surface area (Å²) in [4.78, 5) is 39.2. The van der Waals surface area contributed by atoms with Gasteiger partial charge in [-0.15, -0.1) is 11.3 Å². The second-order valence-corrected chi connectivity index (χ2v) is 10.9. The Balaban J connectivity index is 1.64. The molecule has 160 valence electrons. The standard InChI is InChI=1S/C18H26N4O5S2/c1-11(23)12-7-16(28-10-12)18(25)22-13-5-6-15(22)14(8-13)19-17(24)9-21(4)29(26,27)20(2)3/h7,10,13-15H,5-6,8-9H2,1-4H3,(H,19,24)/t13-,14+,15+/m0/s1. The molecule has 9 nitrogen and oxygen atoms in total. The molecule has 2 aliphatic rings. The average Bonchev–Trinajstić information content (AvgIpc) is 3.35. The highest BCUT2D eigenvalue weighted by molar-refractivity contribution is 7.86. The molecule has 2 bridgehead atoms. The van der Waals surface area contributed by atoms with Crippen LogP contribution in [0.4, 0.5) is 0 Å². The van der Waals surface area contributed by atoms with Gasteiger partial charge in [-0.1, -0.05) is 0 Å². The third-order valence-electron chi connectivity index (χ3n) is 5.56. The molecule has 0 aromatic carbocycles. The summed E-state index contributed by atoms with van der Waals surface area (Å²) in [6, 6.07) is 1.36. The van der Waals surface area contributed by atoms with Crippen molar-refractivity contribution in [2.24, 2.45) is 0 Å². The molecule has 2 fully saturated rings. The van der Waals surface area contributed by atoms with Crippen LogP contribution < -0.4 is 5.32 Å². The van der Waals surface area contributed by atoms with Crippen molar-refractivity contribution in [1.82, 2.24) is 18.8 Å². The van der Waals surface area contributed by atoms with Gasteiger partial charge in [0.15, 0.2) is 5.78 Å². The molecule has 0 radical (unpaired) electrons. The predicted molar refractivity (Wildman–Crippen MR) is 109 cm³/mol. The predicted octanol–water partition coefficient (Wildman–Crippen LogP) is 0.551. The number of rotatable bonds is 7. The molecular formula is C18H26N4O5S2. The number of hydrogen-bond acceptors (Lipinski definition) is 6. The molecule has 1 N–H and O–H groups in total. The Hall–Kier alpha value is -1.82. The minimum absolute atomic E-state index is 0.0453. The normalized spacial score (nSPS) is 23.8. The summed E-state index contributed by atoms with van der Waals surface area (Å²) in [5, 5.41) is 4.59. The number of carbonyl (C=O) groups excluding carboxylic acids is 3. The van der Waals surface area contributed by atoms with Crippen molar-refractivity contribution in [2.45, 2.75) is 44.3 Å². The van der Waals surface area contributed by atoms with E-state index in [2.05, 4.69) is 5.32 Å². The van der Waals surface area contributed by atoms with Crippen molar-refractivity contribution < 1.29 is 22.8 Å². The van der Waals surface area contributed by atoms with Crippen molar-refractivity contribution in [3.63, 3.8) is 0 Å². The van der Waals surface area contributed by atoms with E-state index in [1.165, 1.54) is 39.4 Å². The number of fused-ring (bicyclic) bond motifs is 2. The molecule has 1 aromatic heterocycles. The van der Waals surface area contributed by atoms with Crippen LogP contribution in [0.1, 0.15) is 46.2 Å². The number of nitrogens with one attached hydrogen (secondary N) is 1. The van der Waals surface area contributed by atoms with Crippen LogP contribution in [-0.4, -0.2) is 85.3 Å². The van der Waals surface area contributed by atoms with E-state index in [9.17, 15) is 22.8 Å². The van der Waals surface area contributed by atoms with E-state index < -0.39 is 16.1 Å². The van der Waals surface area contributed by atoms with E-state index in [0.717, 1.165) is 21.5 Å². The fraction of sp³-hybridized carbons (Fsp3) is 0.611. The maximum atomic E-state index is 13.0. The Morgan fingerprint density at radius 1 is 1.24 bits per heavy atom. The van der Waals surface area contributed by atoms with Crippen LogP contribution in [0.15, 0.2) is 11.4 Å². The molecule has 3 atom stereocenters. The van der Waals surface area contributed by atoms with Crippen molar-refractivity contribution in [3.8, 4) is 0 Å². The van der Waals surface area contributed by atoms with Gasteiger partial charge in [-0.3, -0.25) is 14.4 Å². The molecular weight excluding hydrogens is 416 g/mol. The molecule has 2 amide bonds. The molecule has 11 heteroatoms. The smallest absolute Gasteiger partial charge is 0.281 e. The summed E-state index contributed by atoms with van der Waals surface area (Å²) in [6.07, 6.45) is 2.32. The highest BCUT2D eigenvalue weighted by Gasteiger charge is 2.49. The maximum absolute atomic E-state index is 13.0. The van der Waals surface area contributed by atoms with Gasteiger partial charge < -0.3 is 10.2 Å². The van der Waals surface area contributed by atoms with Crippen molar-refractivity contribution in [2.75, 3.05) is 27.7 Å². The van der Waals surface area contributed by atoms with E-state index >= 15 is 0 Å².